The van der Waals surface area contributed by atoms with Crippen LogP contribution in [0.3, 0.4) is 0 Å². The second kappa shape index (κ2) is 5.05. The van der Waals surface area contributed by atoms with Crippen LogP contribution >= 0.6 is 0 Å². The van der Waals surface area contributed by atoms with E-state index in [4.69, 9.17) is 9.47 Å². The van der Waals surface area contributed by atoms with Crippen molar-refractivity contribution >= 4 is 5.78 Å². The van der Waals surface area contributed by atoms with Crippen molar-refractivity contribution in [3.8, 4) is 0 Å². The molecule has 0 N–H and O–H groups in total. The van der Waals surface area contributed by atoms with Gasteiger partial charge in [-0.2, -0.15) is 0 Å². The Labute approximate surface area is 90.5 Å². The van der Waals surface area contributed by atoms with Crippen LogP contribution in [0.1, 0.15) is 19.3 Å². The van der Waals surface area contributed by atoms with Crippen molar-refractivity contribution in [3.63, 3.8) is 0 Å². The van der Waals surface area contributed by atoms with Gasteiger partial charge in [-0.15, -0.1) is 0 Å². The summed E-state index contributed by atoms with van der Waals surface area (Å²) in [5.41, 5.74) is 0. The van der Waals surface area contributed by atoms with E-state index in [0.717, 1.165) is 19.6 Å². The predicted molar refractivity (Wildman–Crippen MR) is 55.8 cm³/mol. The lowest BCUT2D eigenvalue weighted by Gasteiger charge is -2.37. The van der Waals surface area contributed by atoms with E-state index in [-0.39, 0.29) is 12.4 Å². The van der Waals surface area contributed by atoms with Crippen molar-refractivity contribution in [3.05, 3.63) is 0 Å². The summed E-state index contributed by atoms with van der Waals surface area (Å²) in [4.78, 5) is 13.8. The van der Waals surface area contributed by atoms with E-state index in [1.54, 1.807) is 7.11 Å². The zero-order valence-corrected chi connectivity index (χ0v) is 9.28. The SMILES string of the molecule is COCC(=O)CN1CCOC2CCCC21. The number of hydrogen-bond donors (Lipinski definition) is 0. The van der Waals surface area contributed by atoms with E-state index in [1.165, 1.54) is 12.8 Å². The molecule has 4 heteroatoms. The van der Waals surface area contributed by atoms with Crippen LogP contribution in [0.25, 0.3) is 0 Å². The molecule has 0 amide bonds. The molecule has 1 aliphatic heterocycles. The Morgan fingerprint density at radius 3 is 3.20 bits per heavy atom. The number of ketones is 1. The second-order valence-corrected chi connectivity index (χ2v) is 4.35. The van der Waals surface area contributed by atoms with Gasteiger partial charge in [0.25, 0.3) is 0 Å². The van der Waals surface area contributed by atoms with Crippen molar-refractivity contribution in [2.24, 2.45) is 0 Å². The fourth-order valence-corrected chi connectivity index (χ4v) is 2.64. The van der Waals surface area contributed by atoms with Crippen LogP contribution in [-0.4, -0.2) is 56.2 Å². The zero-order chi connectivity index (χ0) is 10.7. The highest BCUT2D eigenvalue weighted by atomic mass is 16.5. The highest BCUT2D eigenvalue weighted by Gasteiger charge is 2.36. The van der Waals surface area contributed by atoms with Crippen LogP contribution in [0.5, 0.6) is 0 Å². The molecule has 2 atom stereocenters. The Bertz CT molecular complexity index is 232. The third-order valence-corrected chi connectivity index (χ3v) is 3.28. The van der Waals surface area contributed by atoms with Crippen molar-refractivity contribution in [2.45, 2.75) is 31.4 Å². The Hall–Kier alpha value is -0.450. The first-order chi connectivity index (χ1) is 7.31. The Kier molecular flexibility index (Phi) is 3.72. The molecular formula is C11H19NO3. The molecule has 86 valence electrons. The van der Waals surface area contributed by atoms with Gasteiger partial charge in [0.05, 0.1) is 19.3 Å². The average molecular weight is 213 g/mol. The molecule has 0 aromatic rings. The van der Waals surface area contributed by atoms with Gasteiger partial charge in [-0.1, -0.05) is 0 Å². The third-order valence-electron chi connectivity index (χ3n) is 3.28. The fraction of sp³-hybridized carbons (Fsp3) is 0.909. The molecule has 2 rings (SSSR count). The first-order valence-electron chi connectivity index (χ1n) is 5.67. The first kappa shape index (κ1) is 11.0. The van der Waals surface area contributed by atoms with Crippen molar-refractivity contribution in [2.75, 3.05) is 33.4 Å². The molecule has 2 fully saturated rings. The minimum absolute atomic E-state index is 0.171. The van der Waals surface area contributed by atoms with Crippen molar-refractivity contribution in [1.29, 1.82) is 0 Å². The maximum Gasteiger partial charge on any atom is 0.172 e. The molecule has 15 heavy (non-hydrogen) atoms. The highest BCUT2D eigenvalue weighted by Crippen LogP contribution is 2.29. The largest absolute Gasteiger partial charge is 0.377 e. The Balaban J connectivity index is 1.87. The molecule has 1 saturated heterocycles. The smallest absolute Gasteiger partial charge is 0.172 e. The lowest BCUT2D eigenvalue weighted by Crippen LogP contribution is -2.50. The van der Waals surface area contributed by atoms with E-state index in [1.807, 2.05) is 0 Å². The number of rotatable bonds is 4. The Morgan fingerprint density at radius 1 is 1.53 bits per heavy atom. The van der Waals surface area contributed by atoms with Crippen molar-refractivity contribution in [1.82, 2.24) is 4.90 Å². The molecule has 0 aromatic carbocycles. The van der Waals surface area contributed by atoms with E-state index in [9.17, 15) is 4.79 Å². The summed E-state index contributed by atoms with van der Waals surface area (Å²) in [5, 5.41) is 0. The summed E-state index contributed by atoms with van der Waals surface area (Å²) >= 11 is 0. The van der Waals surface area contributed by atoms with E-state index < -0.39 is 0 Å². The maximum atomic E-state index is 11.5. The van der Waals surface area contributed by atoms with Crippen molar-refractivity contribution < 1.29 is 14.3 Å². The van der Waals surface area contributed by atoms with Crippen LogP contribution in [0.4, 0.5) is 0 Å². The van der Waals surface area contributed by atoms with Gasteiger partial charge in [0.1, 0.15) is 6.61 Å². The van der Waals surface area contributed by atoms with Crippen LogP contribution in [-0.2, 0) is 14.3 Å². The summed E-state index contributed by atoms with van der Waals surface area (Å²) in [5.74, 6) is 0.171. The summed E-state index contributed by atoms with van der Waals surface area (Å²) in [6.07, 6.45) is 3.92. The van der Waals surface area contributed by atoms with Gasteiger partial charge in [0.2, 0.25) is 0 Å². The maximum absolute atomic E-state index is 11.5. The van der Waals surface area contributed by atoms with E-state index in [2.05, 4.69) is 4.90 Å². The zero-order valence-electron chi connectivity index (χ0n) is 9.28. The third kappa shape index (κ3) is 2.56. The molecular weight excluding hydrogens is 194 g/mol. The van der Waals surface area contributed by atoms with Crippen LogP contribution in [0.2, 0.25) is 0 Å². The fourth-order valence-electron chi connectivity index (χ4n) is 2.64. The van der Waals surface area contributed by atoms with E-state index >= 15 is 0 Å². The van der Waals surface area contributed by atoms with Gasteiger partial charge in [-0.05, 0) is 19.3 Å². The van der Waals surface area contributed by atoms with Gasteiger partial charge in [-0.25, -0.2) is 0 Å². The van der Waals surface area contributed by atoms with Gasteiger partial charge in [0.15, 0.2) is 5.78 Å². The number of carbonyl (C=O) groups is 1. The van der Waals surface area contributed by atoms with Crippen LogP contribution < -0.4 is 0 Å². The number of ether oxygens (including phenoxy) is 2. The van der Waals surface area contributed by atoms with Crippen LogP contribution in [0, 0.1) is 0 Å². The van der Waals surface area contributed by atoms with Gasteiger partial charge < -0.3 is 9.47 Å². The lowest BCUT2D eigenvalue weighted by atomic mass is 10.1. The first-order valence-corrected chi connectivity index (χ1v) is 5.67. The number of Topliss-reactive ketones (excluding diaryl/α,β-unsaturated/α-hetero) is 1. The summed E-state index contributed by atoms with van der Waals surface area (Å²) in [6, 6.07) is 0.472. The highest BCUT2D eigenvalue weighted by molar-refractivity contribution is 5.81. The predicted octanol–water partition coefficient (Wildman–Crippen LogP) is 0.455. The molecule has 2 aliphatic rings. The molecule has 4 nitrogen and oxygen atoms in total. The summed E-state index contributed by atoms with van der Waals surface area (Å²) in [6.45, 7) is 2.41. The molecule has 0 bridgehead atoms. The summed E-state index contributed by atoms with van der Waals surface area (Å²) in [7, 11) is 1.57. The van der Waals surface area contributed by atoms with Gasteiger partial charge >= 0.3 is 0 Å². The molecule has 0 spiro atoms. The molecule has 1 heterocycles. The molecule has 0 aromatic heterocycles. The molecule has 1 saturated carbocycles. The number of carbonyl (C=O) groups excluding carboxylic acids is 1. The van der Waals surface area contributed by atoms with Crippen LogP contribution in [0.15, 0.2) is 0 Å². The topological polar surface area (TPSA) is 38.8 Å². The number of fused-ring (bicyclic) bond motifs is 1. The standard InChI is InChI=1S/C11H19NO3/c1-14-8-9(13)7-12-5-6-15-11-4-2-3-10(11)12/h10-11H,2-8H2,1H3. The quantitative estimate of drug-likeness (QED) is 0.680. The molecule has 1 aliphatic carbocycles. The number of morpholine rings is 1. The normalized spacial score (nSPS) is 31.5. The molecule has 0 radical (unpaired) electrons. The number of nitrogens with zero attached hydrogens (tertiary/aromatic N) is 1. The minimum Gasteiger partial charge on any atom is -0.377 e. The Morgan fingerprint density at radius 2 is 2.40 bits per heavy atom. The number of hydrogen-bond acceptors (Lipinski definition) is 4. The monoisotopic (exact) mass is 213 g/mol. The second-order valence-electron chi connectivity index (χ2n) is 4.35. The minimum atomic E-state index is 0.171. The number of methoxy groups -OCH3 is 1. The van der Waals surface area contributed by atoms with Gasteiger partial charge in [-0.3, -0.25) is 9.69 Å². The average Bonchev–Trinajstić information content (AvgIpc) is 2.67. The molecule has 2 unspecified atom stereocenters. The summed E-state index contributed by atoms with van der Waals surface area (Å²) < 4.78 is 10.5. The van der Waals surface area contributed by atoms with Gasteiger partial charge in [0, 0.05) is 19.7 Å². The van der Waals surface area contributed by atoms with E-state index in [0.29, 0.717) is 18.7 Å². The lowest BCUT2D eigenvalue weighted by molar-refractivity contribution is -0.127.